The first kappa shape index (κ1) is 16.5. The number of nitrogens with zero attached hydrogens (tertiary/aromatic N) is 3. The maximum absolute atomic E-state index is 12.1. The molecule has 0 bridgehead atoms. The fraction of sp³-hybridized carbons (Fsp3) is 0.524. The van der Waals surface area contributed by atoms with Crippen LogP contribution in [-0.2, 0) is 19.5 Å². The van der Waals surface area contributed by atoms with Gasteiger partial charge in [-0.25, -0.2) is 4.98 Å². The van der Waals surface area contributed by atoms with Crippen molar-refractivity contribution in [3.63, 3.8) is 0 Å². The number of aryl methyl sites for hydroxylation is 2. The van der Waals surface area contributed by atoms with Gasteiger partial charge in [0.1, 0.15) is 0 Å². The van der Waals surface area contributed by atoms with Gasteiger partial charge < -0.3 is 4.57 Å². The van der Waals surface area contributed by atoms with Gasteiger partial charge in [-0.15, -0.1) is 0 Å². The monoisotopic (exact) mass is 337 g/mol. The molecule has 1 aliphatic heterocycles. The summed E-state index contributed by atoms with van der Waals surface area (Å²) in [5.41, 5.74) is 8.43. The molecule has 2 aromatic rings. The number of Topliss-reactive ketones (excluding diaryl/α,β-unsaturated/α-hetero) is 1. The number of imidazole rings is 1. The van der Waals surface area contributed by atoms with Crippen molar-refractivity contribution in [2.24, 2.45) is 0 Å². The van der Waals surface area contributed by atoms with Crippen LogP contribution in [0.4, 0.5) is 0 Å². The van der Waals surface area contributed by atoms with E-state index in [0.29, 0.717) is 6.04 Å². The summed E-state index contributed by atoms with van der Waals surface area (Å²) in [5.74, 6) is 0.167. The number of ketones is 1. The Hall–Kier alpha value is -1.94. The highest BCUT2D eigenvalue weighted by atomic mass is 16.1. The van der Waals surface area contributed by atoms with Crippen LogP contribution in [-0.4, -0.2) is 26.8 Å². The summed E-state index contributed by atoms with van der Waals surface area (Å²) in [6.07, 6.45) is 5.74. The third-order valence-electron chi connectivity index (χ3n) is 5.83. The number of carbonyl (C=O) groups is 1. The first-order valence-electron chi connectivity index (χ1n) is 9.33. The molecule has 4 nitrogen and oxygen atoms in total. The van der Waals surface area contributed by atoms with Gasteiger partial charge >= 0.3 is 0 Å². The molecule has 4 rings (SSSR count). The zero-order valence-electron chi connectivity index (χ0n) is 15.7. The van der Waals surface area contributed by atoms with Gasteiger partial charge in [0.2, 0.25) is 0 Å². The number of rotatable bonds is 4. The molecule has 4 heteroatoms. The van der Waals surface area contributed by atoms with Gasteiger partial charge in [0.05, 0.1) is 12.0 Å². The van der Waals surface area contributed by atoms with Crippen molar-refractivity contribution in [3.05, 3.63) is 51.6 Å². The van der Waals surface area contributed by atoms with Crippen LogP contribution in [0.3, 0.4) is 0 Å². The van der Waals surface area contributed by atoms with Crippen LogP contribution in [0.25, 0.3) is 0 Å². The van der Waals surface area contributed by atoms with Crippen LogP contribution in [0.2, 0.25) is 0 Å². The van der Waals surface area contributed by atoms with Gasteiger partial charge in [-0.2, -0.15) is 0 Å². The van der Waals surface area contributed by atoms with E-state index >= 15 is 0 Å². The molecule has 0 N–H and O–H groups in total. The van der Waals surface area contributed by atoms with Gasteiger partial charge in [-0.3, -0.25) is 9.69 Å². The van der Waals surface area contributed by atoms with Crippen LogP contribution >= 0.6 is 0 Å². The number of benzene rings is 1. The van der Waals surface area contributed by atoms with Crippen molar-refractivity contribution in [2.45, 2.75) is 66.1 Å². The Morgan fingerprint density at radius 2 is 2.00 bits per heavy atom. The summed E-state index contributed by atoms with van der Waals surface area (Å²) in [6.45, 7) is 10.8. The summed E-state index contributed by atoms with van der Waals surface area (Å²) in [7, 11) is 0. The van der Waals surface area contributed by atoms with Crippen molar-refractivity contribution < 1.29 is 4.79 Å². The lowest BCUT2D eigenvalue weighted by Gasteiger charge is -2.29. The van der Waals surface area contributed by atoms with E-state index in [1.807, 2.05) is 13.3 Å². The number of aromatic nitrogens is 2. The number of hydrogen-bond donors (Lipinski definition) is 0. The summed E-state index contributed by atoms with van der Waals surface area (Å²) in [5, 5.41) is 0. The highest BCUT2D eigenvalue weighted by Crippen LogP contribution is 2.37. The largest absolute Gasteiger partial charge is 0.331 e. The van der Waals surface area contributed by atoms with E-state index in [-0.39, 0.29) is 5.78 Å². The van der Waals surface area contributed by atoms with Gasteiger partial charge in [-0.05, 0) is 62.8 Å². The lowest BCUT2D eigenvalue weighted by atomic mass is 9.91. The molecule has 2 aliphatic rings. The molecule has 0 amide bonds. The van der Waals surface area contributed by atoms with Crippen LogP contribution in [0, 0.1) is 20.8 Å². The zero-order chi connectivity index (χ0) is 17.7. The standard InChI is InChI=1S/C21H27N3O/c1-13-9-14(2)21(16(4)25)15(3)18(13)10-23-8-7-20-19(11-23)22-12-24(20)17-5-6-17/h9,12,17H,5-8,10-11H2,1-4H3. The Morgan fingerprint density at radius 1 is 1.24 bits per heavy atom. The Labute approximate surface area is 149 Å². The highest BCUT2D eigenvalue weighted by molar-refractivity contribution is 5.97. The van der Waals surface area contributed by atoms with Crippen LogP contribution in [0.1, 0.15) is 69.8 Å². The smallest absolute Gasteiger partial charge is 0.160 e. The molecular weight excluding hydrogens is 310 g/mol. The molecule has 1 aliphatic carbocycles. The van der Waals surface area contributed by atoms with Crippen molar-refractivity contribution >= 4 is 5.78 Å². The van der Waals surface area contributed by atoms with E-state index in [0.717, 1.165) is 42.7 Å². The third kappa shape index (κ3) is 2.93. The van der Waals surface area contributed by atoms with E-state index in [9.17, 15) is 4.79 Å². The molecular formula is C21H27N3O. The van der Waals surface area contributed by atoms with Crippen LogP contribution < -0.4 is 0 Å². The predicted octanol–water partition coefficient (Wildman–Crippen LogP) is 3.90. The minimum atomic E-state index is 0.167. The Balaban J connectivity index is 1.59. The number of carbonyl (C=O) groups excluding carboxylic acids is 1. The molecule has 0 saturated heterocycles. The molecule has 1 saturated carbocycles. The molecule has 1 fully saturated rings. The molecule has 0 spiro atoms. The maximum atomic E-state index is 12.1. The lowest BCUT2D eigenvalue weighted by molar-refractivity contribution is 0.101. The molecule has 25 heavy (non-hydrogen) atoms. The van der Waals surface area contributed by atoms with Gasteiger partial charge in [-0.1, -0.05) is 6.07 Å². The summed E-state index contributed by atoms with van der Waals surface area (Å²) >= 11 is 0. The van der Waals surface area contributed by atoms with Crippen molar-refractivity contribution in [3.8, 4) is 0 Å². The van der Waals surface area contributed by atoms with Crippen molar-refractivity contribution in [1.29, 1.82) is 0 Å². The summed E-state index contributed by atoms with van der Waals surface area (Å²) < 4.78 is 2.41. The third-order valence-corrected chi connectivity index (χ3v) is 5.83. The zero-order valence-corrected chi connectivity index (χ0v) is 15.7. The van der Waals surface area contributed by atoms with Crippen LogP contribution in [0.5, 0.6) is 0 Å². The van der Waals surface area contributed by atoms with Crippen molar-refractivity contribution in [2.75, 3.05) is 6.54 Å². The Kier molecular flexibility index (Phi) is 4.03. The van der Waals surface area contributed by atoms with Gasteiger partial charge in [0.15, 0.2) is 5.78 Å². The van der Waals surface area contributed by atoms with Gasteiger partial charge in [0.25, 0.3) is 0 Å². The summed E-state index contributed by atoms with van der Waals surface area (Å²) in [4.78, 5) is 19.2. The molecule has 0 atom stereocenters. The molecule has 0 unspecified atom stereocenters. The van der Waals surface area contributed by atoms with E-state index in [4.69, 9.17) is 0 Å². The van der Waals surface area contributed by atoms with E-state index in [1.165, 1.54) is 35.4 Å². The number of hydrogen-bond acceptors (Lipinski definition) is 3. The topological polar surface area (TPSA) is 38.1 Å². The molecule has 2 heterocycles. The van der Waals surface area contributed by atoms with E-state index in [2.05, 4.69) is 34.4 Å². The second kappa shape index (κ2) is 6.10. The maximum Gasteiger partial charge on any atom is 0.160 e. The predicted molar refractivity (Wildman–Crippen MR) is 99.0 cm³/mol. The van der Waals surface area contributed by atoms with Gasteiger partial charge in [0, 0.05) is 43.4 Å². The SMILES string of the molecule is CC(=O)c1c(C)cc(C)c(CN2CCc3c(ncn3C3CC3)C2)c1C. The Bertz CT molecular complexity index is 845. The highest BCUT2D eigenvalue weighted by Gasteiger charge is 2.29. The molecule has 1 aromatic heterocycles. The molecule has 132 valence electrons. The second-order valence-corrected chi connectivity index (χ2v) is 7.78. The fourth-order valence-electron chi connectivity index (χ4n) is 4.42. The fourth-order valence-corrected chi connectivity index (χ4v) is 4.42. The quantitative estimate of drug-likeness (QED) is 0.794. The van der Waals surface area contributed by atoms with E-state index < -0.39 is 0 Å². The summed E-state index contributed by atoms with van der Waals surface area (Å²) in [6, 6.07) is 2.87. The van der Waals surface area contributed by atoms with E-state index in [1.54, 1.807) is 6.92 Å². The minimum Gasteiger partial charge on any atom is -0.331 e. The average molecular weight is 337 g/mol. The Morgan fingerprint density at radius 3 is 2.68 bits per heavy atom. The number of fused-ring (bicyclic) bond motifs is 1. The molecule has 0 radical (unpaired) electrons. The lowest BCUT2D eigenvalue weighted by Crippen LogP contribution is -2.31. The normalized spacial score (nSPS) is 17.6. The second-order valence-electron chi connectivity index (χ2n) is 7.78. The van der Waals surface area contributed by atoms with Crippen molar-refractivity contribution in [1.82, 2.24) is 14.5 Å². The van der Waals surface area contributed by atoms with Crippen LogP contribution in [0.15, 0.2) is 12.4 Å². The minimum absolute atomic E-state index is 0.167. The molecule has 1 aromatic carbocycles. The first-order valence-corrected chi connectivity index (χ1v) is 9.33. The average Bonchev–Trinajstić information content (AvgIpc) is 3.30. The first-order chi connectivity index (χ1) is 12.0.